The normalized spacial score (nSPS) is 10.5. The molecule has 146 valence electrons. The van der Waals surface area contributed by atoms with Crippen LogP contribution in [0.2, 0.25) is 0 Å². The Labute approximate surface area is 167 Å². The van der Waals surface area contributed by atoms with Crippen LogP contribution < -0.4 is 15.0 Å². The van der Waals surface area contributed by atoms with Gasteiger partial charge in [0.2, 0.25) is 11.1 Å². The van der Waals surface area contributed by atoms with Crippen LogP contribution in [0.25, 0.3) is 5.69 Å². The molecule has 3 rings (SSSR count). The Balaban J connectivity index is 1.53. The van der Waals surface area contributed by atoms with Crippen molar-refractivity contribution in [1.29, 1.82) is 0 Å². The van der Waals surface area contributed by atoms with Crippen LogP contribution in [0.5, 0.6) is 5.75 Å². The maximum absolute atomic E-state index is 12.2. The van der Waals surface area contributed by atoms with Crippen molar-refractivity contribution < 1.29 is 9.53 Å². The second kappa shape index (κ2) is 9.23. The van der Waals surface area contributed by atoms with Crippen molar-refractivity contribution in [2.45, 2.75) is 11.7 Å². The van der Waals surface area contributed by atoms with Crippen LogP contribution in [0, 0.1) is 0 Å². The summed E-state index contributed by atoms with van der Waals surface area (Å²) in [5.74, 6) is 0.904. The van der Waals surface area contributed by atoms with Gasteiger partial charge in [-0.1, -0.05) is 23.9 Å². The summed E-state index contributed by atoms with van der Waals surface area (Å²) in [6.07, 6.45) is 0. The van der Waals surface area contributed by atoms with E-state index in [0.717, 1.165) is 22.7 Å². The first-order chi connectivity index (χ1) is 13.6. The molecule has 1 amide bonds. The number of carbonyl (C=O) groups is 1. The van der Waals surface area contributed by atoms with E-state index < -0.39 is 0 Å². The fourth-order valence-corrected chi connectivity index (χ4v) is 3.17. The number of thioether (sulfide) groups is 1. The van der Waals surface area contributed by atoms with Crippen molar-refractivity contribution in [3.63, 3.8) is 0 Å². The zero-order valence-corrected chi connectivity index (χ0v) is 16.8. The molecule has 1 aromatic heterocycles. The zero-order valence-electron chi connectivity index (χ0n) is 16.0. The molecule has 0 bridgehead atoms. The topological polar surface area (TPSA) is 85.2 Å². The molecule has 0 saturated heterocycles. The van der Waals surface area contributed by atoms with Gasteiger partial charge in [0.15, 0.2) is 0 Å². The Bertz CT molecular complexity index is 909. The second-order valence-corrected chi connectivity index (χ2v) is 7.14. The standard InChI is InChI=1S/C19H22N6O2S/c1-24(2)15-6-4-14(5-7-15)12-20-18(26)13-28-19-21-22-23-25(19)16-8-10-17(27-3)11-9-16/h4-11H,12-13H2,1-3H3,(H,20,26). The minimum Gasteiger partial charge on any atom is -0.497 e. The van der Waals surface area contributed by atoms with Gasteiger partial charge in [0.25, 0.3) is 0 Å². The van der Waals surface area contributed by atoms with E-state index in [1.165, 1.54) is 11.8 Å². The Hall–Kier alpha value is -3.07. The first-order valence-electron chi connectivity index (χ1n) is 8.65. The van der Waals surface area contributed by atoms with Crippen LogP contribution in [-0.4, -0.2) is 53.1 Å². The fraction of sp³-hybridized carbons (Fsp3) is 0.263. The summed E-state index contributed by atoms with van der Waals surface area (Å²) >= 11 is 1.29. The minimum atomic E-state index is -0.0778. The van der Waals surface area contributed by atoms with E-state index in [2.05, 4.69) is 20.8 Å². The monoisotopic (exact) mass is 398 g/mol. The molecular formula is C19H22N6O2S. The molecule has 28 heavy (non-hydrogen) atoms. The maximum atomic E-state index is 12.2. The number of nitrogens with zero attached hydrogens (tertiary/aromatic N) is 5. The molecule has 9 heteroatoms. The number of nitrogens with one attached hydrogen (secondary N) is 1. The maximum Gasteiger partial charge on any atom is 0.230 e. The molecule has 0 saturated carbocycles. The smallest absolute Gasteiger partial charge is 0.230 e. The molecule has 0 aliphatic carbocycles. The summed E-state index contributed by atoms with van der Waals surface area (Å²) in [6.45, 7) is 0.483. The average Bonchev–Trinajstić information content (AvgIpc) is 3.19. The highest BCUT2D eigenvalue weighted by atomic mass is 32.2. The summed E-state index contributed by atoms with van der Waals surface area (Å²) in [5, 5.41) is 15.2. The number of methoxy groups -OCH3 is 1. The molecule has 3 aromatic rings. The van der Waals surface area contributed by atoms with Crippen molar-refractivity contribution in [1.82, 2.24) is 25.5 Å². The van der Waals surface area contributed by atoms with Gasteiger partial charge in [0, 0.05) is 26.3 Å². The van der Waals surface area contributed by atoms with E-state index >= 15 is 0 Å². The van der Waals surface area contributed by atoms with Gasteiger partial charge >= 0.3 is 0 Å². The largest absolute Gasteiger partial charge is 0.497 e. The third-order valence-corrected chi connectivity index (χ3v) is 4.95. The summed E-state index contributed by atoms with van der Waals surface area (Å²) in [4.78, 5) is 14.2. The number of hydrogen-bond acceptors (Lipinski definition) is 7. The van der Waals surface area contributed by atoms with E-state index in [9.17, 15) is 4.79 Å². The third-order valence-electron chi connectivity index (χ3n) is 4.03. The Morgan fingerprint density at radius 3 is 2.50 bits per heavy atom. The van der Waals surface area contributed by atoms with Gasteiger partial charge < -0.3 is 15.0 Å². The predicted molar refractivity (Wildman–Crippen MR) is 109 cm³/mol. The summed E-state index contributed by atoms with van der Waals surface area (Å²) in [6, 6.07) is 15.4. The van der Waals surface area contributed by atoms with Crippen LogP contribution in [0.4, 0.5) is 5.69 Å². The van der Waals surface area contributed by atoms with Crippen LogP contribution in [0.15, 0.2) is 53.7 Å². The highest BCUT2D eigenvalue weighted by molar-refractivity contribution is 7.99. The van der Waals surface area contributed by atoms with Crippen molar-refractivity contribution in [3.8, 4) is 11.4 Å². The SMILES string of the molecule is COc1ccc(-n2nnnc2SCC(=O)NCc2ccc(N(C)C)cc2)cc1. The molecule has 0 aliphatic rings. The van der Waals surface area contributed by atoms with E-state index in [-0.39, 0.29) is 11.7 Å². The van der Waals surface area contributed by atoms with Gasteiger partial charge in [-0.05, 0) is 52.4 Å². The molecule has 8 nitrogen and oxygen atoms in total. The van der Waals surface area contributed by atoms with Crippen molar-refractivity contribution >= 4 is 23.4 Å². The molecular weight excluding hydrogens is 376 g/mol. The lowest BCUT2D eigenvalue weighted by atomic mass is 10.2. The lowest BCUT2D eigenvalue weighted by Gasteiger charge is -2.12. The quantitative estimate of drug-likeness (QED) is 0.582. The van der Waals surface area contributed by atoms with Gasteiger partial charge in [-0.25, -0.2) is 0 Å². The lowest BCUT2D eigenvalue weighted by Crippen LogP contribution is -2.24. The molecule has 0 fully saturated rings. The number of ether oxygens (including phenoxy) is 1. The van der Waals surface area contributed by atoms with Crippen LogP contribution in [-0.2, 0) is 11.3 Å². The van der Waals surface area contributed by atoms with Gasteiger partial charge in [0.05, 0.1) is 18.6 Å². The molecule has 0 aliphatic heterocycles. The van der Waals surface area contributed by atoms with Crippen LogP contribution in [0.3, 0.4) is 0 Å². The van der Waals surface area contributed by atoms with E-state index in [1.807, 2.05) is 67.5 Å². The van der Waals surface area contributed by atoms with E-state index in [0.29, 0.717) is 11.7 Å². The Morgan fingerprint density at radius 1 is 1.14 bits per heavy atom. The highest BCUT2D eigenvalue weighted by Gasteiger charge is 2.11. The minimum absolute atomic E-state index is 0.0778. The number of carbonyl (C=O) groups excluding carboxylic acids is 1. The number of benzene rings is 2. The van der Waals surface area contributed by atoms with Crippen LogP contribution in [0.1, 0.15) is 5.56 Å². The predicted octanol–water partition coefficient (Wildman–Crippen LogP) is 2.15. The number of aromatic nitrogens is 4. The van der Waals surface area contributed by atoms with Gasteiger partial charge in [-0.15, -0.1) is 5.10 Å². The van der Waals surface area contributed by atoms with E-state index in [1.54, 1.807) is 11.8 Å². The zero-order chi connectivity index (χ0) is 19.9. The number of amides is 1. The number of tetrazole rings is 1. The molecule has 0 spiro atoms. The Morgan fingerprint density at radius 2 is 1.86 bits per heavy atom. The van der Waals surface area contributed by atoms with Gasteiger partial charge in [-0.3, -0.25) is 4.79 Å². The number of anilines is 1. The van der Waals surface area contributed by atoms with Crippen molar-refractivity contribution in [2.75, 3.05) is 31.9 Å². The molecule has 0 unspecified atom stereocenters. The third kappa shape index (κ3) is 5.01. The summed E-state index contributed by atoms with van der Waals surface area (Å²) < 4.78 is 6.75. The van der Waals surface area contributed by atoms with E-state index in [4.69, 9.17) is 4.74 Å². The average molecular weight is 398 g/mol. The molecule has 0 atom stereocenters. The van der Waals surface area contributed by atoms with Crippen molar-refractivity contribution in [3.05, 3.63) is 54.1 Å². The first-order valence-corrected chi connectivity index (χ1v) is 9.64. The molecule has 0 radical (unpaired) electrons. The second-order valence-electron chi connectivity index (χ2n) is 6.20. The lowest BCUT2D eigenvalue weighted by molar-refractivity contribution is -0.118. The number of hydrogen-bond donors (Lipinski definition) is 1. The van der Waals surface area contributed by atoms with Crippen molar-refractivity contribution in [2.24, 2.45) is 0 Å². The molecule has 2 aromatic carbocycles. The fourth-order valence-electron chi connectivity index (χ4n) is 2.45. The van der Waals surface area contributed by atoms with Crippen LogP contribution >= 0.6 is 11.8 Å². The molecule has 1 heterocycles. The van der Waals surface area contributed by atoms with Gasteiger partial charge in [0.1, 0.15) is 5.75 Å². The molecule has 1 N–H and O–H groups in total. The highest BCUT2D eigenvalue weighted by Crippen LogP contribution is 2.20. The van der Waals surface area contributed by atoms with Gasteiger partial charge in [-0.2, -0.15) is 4.68 Å². The number of rotatable bonds is 8. The first kappa shape index (κ1) is 19.7. The summed E-state index contributed by atoms with van der Waals surface area (Å²) in [7, 11) is 5.60. The summed E-state index contributed by atoms with van der Waals surface area (Å²) in [5.41, 5.74) is 2.97. The Kier molecular flexibility index (Phi) is 6.49.